The van der Waals surface area contributed by atoms with Gasteiger partial charge in [0.1, 0.15) is 19.2 Å². The van der Waals surface area contributed by atoms with Crippen molar-refractivity contribution in [3.05, 3.63) is 34.1 Å². The van der Waals surface area contributed by atoms with Gasteiger partial charge in [-0.1, -0.05) is 6.82 Å². The number of hydrogen-bond acceptors (Lipinski definition) is 0. The van der Waals surface area contributed by atoms with Crippen molar-refractivity contribution in [2.45, 2.75) is 20.7 Å². The first kappa shape index (κ1) is 17.9. The predicted octanol–water partition coefficient (Wildman–Crippen LogP) is -2.61. The highest BCUT2D eigenvalue weighted by Gasteiger charge is 2.54. The molecule has 0 aromatic carbocycles. The third kappa shape index (κ3) is 3.24. The Morgan fingerprint density at radius 1 is 1.09 bits per heavy atom. The third-order valence-corrected chi connectivity index (χ3v) is 4.78. The van der Waals surface area contributed by atoms with Gasteiger partial charge < -0.3 is 0 Å². The topological polar surface area (TPSA) is 3.88 Å². The Labute approximate surface area is 143 Å². The molecule has 1 aliphatic rings. The van der Waals surface area contributed by atoms with Crippen molar-refractivity contribution in [1.82, 2.24) is 0 Å². The van der Waals surface area contributed by atoms with Crippen LogP contribution in [0.25, 0.3) is 0 Å². The lowest BCUT2D eigenvalue weighted by Gasteiger charge is -2.21. The molecular weight excluding hydrogens is 254 g/mol. The third-order valence-electron chi connectivity index (χ3n) is 4.78. The Morgan fingerprint density at radius 2 is 1.68 bits per heavy atom. The highest BCUT2D eigenvalue weighted by atomic mass is 14.9. The molecule has 11 heteroatoms. The lowest BCUT2D eigenvalue weighted by Crippen LogP contribution is -2.52. The molecule has 0 unspecified atom stereocenters. The first-order valence-corrected chi connectivity index (χ1v) is 7.65. The molecule has 10 radical (unpaired) electrons. The van der Waals surface area contributed by atoms with Gasteiger partial charge in [0.2, 0.25) is 6.60 Å². The van der Waals surface area contributed by atoms with Crippen LogP contribution in [0.4, 0.5) is 0 Å². The summed E-state index contributed by atoms with van der Waals surface area (Å²) < 4.78 is 2.16. The molecule has 0 saturated carbocycles. The van der Waals surface area contributed by atoms with Gasteiger partial charge >= 0.3 is 0 Å². The van der Waals surface area contributed by atoms with E-state index in [2.05, 4.69) is 44.5 Å². The summed E-state index contributed by atoms with van der Waals surface area (Å²) in [6.07, 6.45) is 1.48. The smallest absolute Gasteiger partial charge is 0.215 e. The molecule has 1 aliphatic heterocycles. The number of pyridine rings is 1. The lowest BCUT2D eigenvalue weighted by atomic mass is 8.81. The van der Waals surface area contributed by atoms with Gasteiger partial charge in [0.05, 0.1) is 13.0 Å². The minimum atomic E-state index is -0.668. The maximum Gasteiger partial charge on any atom is 0.249 e. The van der Waals surface area contributed by atoms with Crippen LogP contribution in [-0.4, -0.2) is 71.3 Å². The summed E-state index contributed by atoms with van der Waals surface area (Å²) in [7, 11) is 31.5. The van der Waals surface area contributed by atoms with Gasteiger partial charge in [-0.25, -0.2) is 4.57 Å². The van der Waals surface area contributed by atoms with Gasteiger partial charge in [-0.15, -0.1) is 0 Å². The fourth-order valence-electron chi connectivity index (χ4n) is 3.28. The summed E-state index contributed by atoms with van der Waals surface area (Å²) in [4.78, 5) is 0. The maximum atomic E-state index is 6.12. The number of hydrogen-bond donors (Lipinski definition) is 0. The molecule has 1 fully saturated rings. The van der Waals surface area contributed by atoms with E-state index < -0.39 is 19.4 Å². The lowest BCUT2D eigenvalue weighted by molar-refractivity contribution is -0.654. The van der Waals surface area contributed by atoms with E-state index in [-0.39, 0.29) is 6.60 Å². The molecule has 92 valence electrons. The summed E-state index contributed by atoms with van der Waals surface area (Å²) in [6.45, 7) is 5.86. The molecule has 1 aromatic heterocycles. The molecule has 2 heterocycles. The van der Waals surface area contributed by atoms with Crippen LogP contribution < -0.4 is 10.2 Å². The molecule has 1 aromatic rings. The van der Waals surface area contributed by atoms with Crippen molar-refractivity contribution in [2.24, 2.45) is 7.05 Å². The monoisotopic (exact) mass is 270 g/mol. The quantitative estimate of drug-likeness (QED) is 0.416. The Hall–Kier alpha value is -0.461. The van der Waals surface area contributed by atoms with Crippen molar-refractivity contribution in [1.29, 1.82) is 0 Å². The normalized spacial score (nSPS) is 15.6. The molecule has 1 nitrogen and oxygen atoms in total. The molecule has 0 spiro atoms. The van der Waals surface area contributed by atoms with Crippen molar-refractivity contribution in [3.63, 3.8) is 0 Å². The molecule has 0 amide bonds. The van der Waals surface area contributed by atoms with Crippen LogP contribution in [0.5, 0.6) is 0 Å². The number of aryl methyl sites for hydroxylation is 3. The van der Waals surface area contributed by atoms with Crippen LogP contribution in [0.1, 0.15) is 11.1 Å². The molecule has 0 N–H and O–H groups in total. The predicted molar refractivity (Wildman–Crippen MR) is 107 cm³/mol. The summed E-state index contributed by atoms with van der Waals surface area (Å²) >= 11 is 0. The van der Waals surface area contributed by atoms with Gasteiger partial charge in [0.15, 0.2) is 6.20 Å². The van der Waals surface area contributed by atoms with Gasteiger partial charge in [0, 0.05) is 50.6 Å². The van der Waals surface area contributed by atoms with E-state index in [1.807, 2.05) is 0 Å². The molecule has 0 bridgehead atoms. The van der Waals surface area contributed by atoms with E-state index in [1.165, 1.54) is 22.1 Å². The molecule has 0 atom stereocenters. The van der Waals surface area contributed by atoms with Gasteiger partial charge in [0.25, 0.3) is 0 Å². The van der Waals surface area contributed by atoms with E-state index in [0.29, 0.717) is 6.60 Å². The standard InChI is InChI=1S/C11H14B10N/c1-7-5-9(22(4)6-8(7)2)18-10(17(18)3)11(19(12)13)20(14)21(15)16/h5-6H,1-4H3/q+1/b11-10-. The maximum absolute atomic E-state index is 6.12. The van der Waals surface area contributed by atoms with Crippen molar-refractivity contribution in [3.8, 4) is 0 Å². The van der Waals surface area contributed by atoms with Crippen molar-refractivity contribution < 1.29 is 4.57 Å². The fraction of sp³-hybridized carbons (Fsp3) is 0.364. The highest BCUT2D eigenvalue weighted by Crippen LogP contribution is 2.30. The van der Waals surface area contributed by atoms with Crippen LogP contribution in [-0.2, 0) is 7.05 Å². The molecule has 2 rings (SSSR count). The Balaban J connectivity index is 2.48. The first-order valence-electron chi connectivity index (χ1n) is 7.65. The largest absolute Gasteiger partial charge is 0.249 e. The summed E-state index contributed by atoms with van der Waals surface area (Å²) in [5, 5.41) is 1.98. The van der Waals surface area contributed by atoms with Gasteiger partial charge in [-0.2, -0.15) is 10.7 Å². The number of aromatic nitrogens is 1. The van der Waals surface area contributed by atoms with Crippen LogP contribution in [0.15, 0.2) is 23.0 Å². The summed E-state index contributed by atoms with van der Waals surface area (Å²) in [6, 6.07) is 2.22. The first-order chi connectivity index (χ1) is 10.2. The van der Waals surface area contributed by atoms with E-state index in [9.17, 15) is 0 Å². The zero-order chi connectivity index (χ0) is 16.8. The van der Waals surface area contributed by atoms with Gasteiger partial charge in [-0.05, 0) is 25.5 Å². The van der Waals surface area contributed by atoms with E-state index >= 15 is 0 Å². The Bertz CT molecular complexity index is 613. The Morgan fingerprint density at radius 3 is 2.18 bits per heavy atom. The zero-order valence-corrected chi connectivity index (χ0v) is 13.9. The highest BCUT2D eigenvalue weighted by molar-refractivity contribution is 7.71. The summed E-state index contributed by atoms with van der Waals surface area (Å²) in [5.41, 5.74) is 3.77. The van der Waals surface area contributed by atoms with Crippen LogP contribution >= 0.6 is 0 Å². The van der Waals surface area contributed by atoms with Gasteiger partial charge in [-0.3, -0.25) is 0 Å². The second-order valence-corrected chi connectivity index (χ2v) is 6.48. The fourth-order valence-corrected chi connectivity index (χ4v) is 3.28. The average molecular weight is 268 g/mol. The van der Waals surface area contributed by atoms with Crippen molar-refractivity contribution >= 4 is 76.9 Å². The SMILES string of the molecule is [B]B([B])B([B])/C(B([B])[B])=C1/B(C)B1c1cc(C)c(C)c[n+]1C. The Kier molecular flexibility index (Phi) is 5.34. The molecular formula is C11H14B10N+. The van der Waals surface area contributed by atoms with Crippen LogP contribution in [0.3, 0.4) is 0 Å². The van der Waals surface area contributed by atoms with Crippen LogP contribution in [0.2, 0.25) is 6.82 Å². The van der Waals surface area contributed by atoms with Crippen LogP contribution in [0, 0.1) is 13.8 Å². The second kappa shape index (κ2) is 6.57. The van der Waals surface area contributed by atoms with E-state index in [0.717, 1.165) is 5.37 Å². The van der Waals surface area contributed by atoms with E-state index in [4.69, 9.17) is 38.7 Å². The number of nitrogens with zero attached hydrogens (tertiary/aromatic N) is 1. The molecule has 0 aliphatic carbocycles. The molecule has 1 saturated heterocycles. The second-order valence-electron chi connectivity index (χ2n) is 6.48. The van der Waals surface area contributed by atoms with Crippen molar-refractivity contribution in [2.75, 3.05) is 0 Å². The number of rotatable bonds is 4. The van der Waals surface area contributed by atoms with E-state index in [1.54, 1.807) is 0 Å². The zero-order valence-electron chi connectivity index (χ0n) is 13.9. The average Bonchev–Trinajstić information content (AvgIpc) is 3.04. The minimum absolute atomic E-state index is 0.277. The molecule has 22 heavy (non-hydrogen) atoms. The summed E-state index contributed by atoms with van der Waals surface area (Å²) in [5.74, 6) is 0. The minimum Gasteiger partial charge on any atom is -0.215 e.